The zero-order chi connectivity index (χ0) is 14.2. The average molecular weight is 278 g/mol. The maximum Gasteiger partial charge on any atom is 0.323 e. The molecule has 5 nitrogen and oxygen atoms in total. The molecule has 104 valence electrons. The second-order valence-electron chi connectivity index (χ2n) is 5.05. The van der Waals surface area contributed by atoms with Crippen LogP contribution in [0.5, 0.6) is 0 Å². The molecule has 0 atom stereocenters. The van der Waals surface area contributed by atoms with Crippen LogP contribution in [0.15, 0.2) is 53.5 Å². The number of anilines is 1. The van der Waals surface area contributed by atoms with Gasteiger partial charge in [-0.1, -0.05) is 12.1 Å². The van der Waals surface area contributed by atoms with E-state index >= 15 is 0 Å². The lowest BCUT2D eigenvalue weighted by atomic mass is 10.1. The van der Waals surface area contributed by atoms with Crippen LogP contribution in [0.3, 0.4) is 0 Å². The van der Waals surface area contributed by atoms with Crippen LogP contribution in [0.1, 0.15) is 5.56 Å². The monoisotopic (exact) mass is 278 g/mol. The standard InChI is InChI=1S/C16H14N4O/c21-16-19-14-5-4-11(8-15(14)20-16)18-9-10-2-1-3-13-12(10)6-7-17-13/h1-8,17-18H,9H2,(H2,19,20,21). The van der Waals surface area contributed by atoms with Crippen molar-refractivity contribution in [2.45, 2.75) is 6.54 Å². The molecular weight excluding hydrogens is 264 g/mol. The fourth-order valence-corrected chi connectivity index (χ4v) is 2.64. The number of aromatic nitrogens is 3. The van der Waals surface area contributed by atoms with E-state index in [-0.39, 0.29) is 5.69 Å². The van der Waals surface area contributed by atoms with Gasteiger partial charge in [0.05, 0.1) is 11.0 Å². The number of imidazole rings is 1. The number of fused-ring (bicyclic) bond motifs is 2. The highest BCUT2D eigenvalue weighted by molar-refractivity contribution is 5.83. The minimum atomic E-state index is -0.181. The van der Waals surface area contributed by atoms with E-state index in [9.17, 15) is 4.79 Å². The normalized spacial score (nSPS) is 11.2. The Bertz CT molecular complexity index is 976. The van der Waals surface area contributed by atoms with Crippen molar-refractivity contribution in [1.82, 2.24) is 15.0 Å². The van der Waals surface area contributed by atoms with E-state index in [1.165, 1.54) is 10.9 Å². The van der Waals surface area contributed by atoms with Gasteiger partial charge in [0.15, 0.2) is 0 Å². The zero-order valence-corrected chi connectivity index (χ0v) is 11.2. The Morgan fingerprint density at radius 2 is 1.86 bits per heavy atom. The lowest BCUT2D eigenvalue weighted by Gasteiger charge is -2.08. The Morgan fingerprint density at radius 3 is 2.81 bits per heavy atom. The molecule has 2 aromatic heterocycles. The van der Waals surface area contributed by atoms with Crippen molar-refractivity contribution < 1.29 is 0 Å². The first-order chi connectivity index (χ1) is 10.3. The molecule has 0 unspecified atom stereocenters. The van der Waals surface area contributed by atoms with Gasteiger partial charge in [-0.2, -0.15) is 0 Å². The maximum atomic E-state index is 11.3. The molecule has 4 N–H and O–H groups in total. The van der Waals surface area contributed by atoms with Crippen LogP contribution in [0.2, 0.25) is 0 Å². The summed E-state index contributed by atoms with van der Waals surface area (Å²) >= 11 is 0. The molecule has 21 heavy (non-hydrogen) atoms. The van der Waals surface area contributed by atoms with Crippen LogP contribution in [-0.2, 0) is 6.54 Å². The predicted molar refractivity (Wildman–Crippen MR) is 84.5 cm³/mol. The van der Waals surface area contributed by atoms with Crippen molar-refractivity contribution in [3.8, 4) is 0 Å². The number of aromatic amines is 3. The summed E-state index contributed by atoms with van der Waals surface area (Å²) in [5.74, 6) is 0. The molecule has 0 radical (unpaired) electrons. The Hall–Kier alpha value is -2.95. The Labute approximate surface area is 120 Å². The first-order valence-electron chi connectivity index (χ1n) is 6.80. The van der Waals surface area contributed by atoms with Crippen LogP contribution in [-0.4, -0.2) is 15.0 Å². The van der Waals surface area contributed by atoms with Crippen molar-refractivity contribution in [1.29, 1.82) is 0 Å². The van der Waals surface area contributed by atoms with Gasteiger partial charge in [-0.3, -0.25) is 0 Å². The molecule has 0 bridgehead atoms. The first-order valence-corrected chi connectivity index (χ1v) is 6.80. The van der Waals surface area contributed by atoms with Crippen molar-refractivity contribution >= 4 is 27.6 Å². The highest BCUT2D eigenvalue weighted by atomic mass is 16.1. The van der Waals surface area contributed by atoms with Crippen molar-refractivity contribution in [3.05, 3.63) is 64.7 Å². The van der Waals surface area contributed by atoms with Gasteiger partial charge in [0.25, 0.3) is 0 Å². The number of rotatable bonds is 3. The molecule has 0 aliphatic carbocycles. The highest BCUT2D eigenvalue weighted by Gasteiger charge is 2.03. The van der Waals surface area contributed by atoms with E-state index in [0.717, 1.165) is 28.8 Å². The average Bonchev–Trinajstić information content (AvgIpc) is 3.09. The summed E-state index contributed by atoms with van der Waals surface area (Å²) in [7, 11) is 0. The van der Waals surface area contributed by atoms with Crippen molar-refractivity contribution in [3.63, 3.8) is 0 Å². The SMILES string of the molecule is O=c1[nH]c2ccc(NCc3cccc4[nH]ccc34)cc2[nH]1. The molecule has 5 heteroatoms. The third-order valence-electron chi connectivity index (χ3n) is 3.68. The van der Waals surface area contributed by atoms with Crippen molar-refractivity contribution in [2.75, 3.05) is 5.32 Å². The summed E-state index contributed by atoms with van der Waals surface area (Å²) in [5, 5.41) is 4.62. The topological polar surface area (TPSA) is 76.5 Å². The van der Waals surface area contributed by atoms with E-state index in [0.29, 0.717) is 0 Å². The molecular formula is C16H14N4O. The second kappa shape index (κ2) is 4.56. The second-order valence-corrected chi connectivity index (χ2v) is 5.05. The lowest BCUT2D eigenvalue weighted by Crippen LogP contribution is -2.00. The molecule has 2 heterocycles. The van der Waals surface area contributed by atoms with Gasteiger partial charge in [0.2, 0.25) is 0 Å². The van der Waals surface area contributed by atoms with E-state index < -0.39 is 0 Å². The summed E-state index contributed by atoms with van der Waals surface area (Å²) in [4.78, 5) is 20.0. The number of hydrogen-bond donors (Lipinski definition) is 4. The molecule has 2 aromatic carbocycles. The first kappa shape index (κ1) is 11.8. The van der Waals surface area contributed by atoms with Gasteiger partial charge in [-0.25, -0.2) is 4.79 Å². The lowest BCUT2D eigenvalue weighted by molar-refractivity contribution is 1.17. The summed E-state index contributed by atoms with van der Waals surface area (Å²) < 4.78 is 0. The van der Waals surface area contributed by atoms with Crippen LogP contribution in [0, 0.1) is 0 Å². The summed E-state index contributed by atoms with van der Waals surface area (Å²) in [6, 6.07) is 14.1. The molecule has 0 amide bonds. The minimum absolute atomic E-state index is 0.181. The Morgan fingerprint density at radius 1 is 0.952 bits per heavy atom. The zero-order valence-electron chi connectivity index (χ0n) is 11.2. The molecule has 0 aliphatic heterocycles. The van der Waals surface area contributed by atoms with E-state index in [1.54, 1.807) is 0 Å². The van der Waals surface area contributed by atoms with Crippen LogP contribution >= 0.6 is 0 Å². The van der Waals surface area contributed by atoms with Crippen LogP contribution in [0.25, 0.3) is 21.9 Å². The third-order valence-corrected chi connectivity index (χ3v) is 3.68. The summed E-state index contributed by atoms with van der Waals surface area (Å²) in [5.41, 5.74) is 4.80. The molecule has 4 rings (SSSR count). The molecule has 0 saturated heterocycles. The molecule has 0 aliphatic rings. The highest BCUT2D eigenvalue weighted by Crippen LogP contribution is 2.20. The fraction of sp³-hybridized carbons (Fsp3) is 0.0625. The van der Waals surface area contributed by atoms with Gasteiger partial charge < -0.3 is 20.3 Å². The smallest absolute Gasteiger partial charge is 0.323 e. The molecule has 4 aromatic rings. The molecule has 0 fully saturated rings. The quantitative estimate of drug-likeness (QED) is 0.465. The predicted octanol–water partition coefficient (Wildman–Crippen LogP) is 2.95. The van der Waals surface area contributed by atoms with Gasteiger partial charge in [0, 0.05) is 29.3 Å². The van der Waals surface area contributed by atoms with Gasteiger partial charge in [0.1, 0.15) is 0 Å². The maximum absolute atomic E-state index is 11.3. The molecule has 0 saturated carbocycles. The van der Waals surface area contributed by atoms with Crippen LogP contribution in [0.4, 0.5) is 5.69 Å². The molecule has 0 spiro atoms. The van der Waals surface area contributed by atoms with E-state index in [4.69, 9.17) is 0 Å². The van der Waals surface area contributed by atoms with Crippen LogP contribution < -0.4 is 11.0 Å². The Balaban J connectivity index is 1.62. The van der Waals surface area contributed by atoms with Gasteiger partial charge in [-0.05, 0) is 35.9 Å². The summed E-state index contributed by atoms with van der Waals surface area (Å²) in [6.45, 7) is 0.732. The van der Waals surface area contributed by atoms with Gasteiger partial charge >= 0.3 is 5.69 Å². The number of benzene rings is 2. The van der Waals surface area contributed by atoms with Crippen molar-refractivity contribution in [2.24, 2.45) is 0 Å². The minimum Gasteiger partial charge on any atom is -0.381 e. The number of hydrogen-bond acceptors (Lipinski definition) is 2. The largest absolute Gasteiger partial charge is 0.381 e. The van der Waals surface area contributed by atoms with Gasteiger partial charge in [-0.15, -0.1) is 0 Å². The third kappa shape index (κ3) is 2.08. The fourth-order valence-electron chi connectivity index (χ4n) is 2.64. The number of nitrogens with one attached hydrogen (secondary N) is 4. The Kier molecular flexibility index (Phi) is 2.57. The number of H-pyrrole nitrogens is 3. The van der Waals surface area contributed by atoms with E-state index in [2.05, 4.69) is 38.5 Å². The van der Waals surface area contributed by atoms with E-state index in [1.807, 2.05) is 30.5 Å². The summed E-state index contributed by atoms with van der Waals surface area (Å²) in [6.07, 6.45) is 1.95.